The maximum Gasteiger partial charge on any atom is 0.193 e. The van der Waals surface area contributed by atoms with E-state index >= 15 is 0 Å². The highest BCUT2D eigenvalue weighted by Gasteiger charge is 2.30. The Morgan fingerprint density at radius 1 is 1.10 bits per heavy atom. The van der Waals surface area contributed by atoms with Crippen LogP contribution in [0.3, 0.4) is 0 Å². The molecule has 0 aromatic heterocycles. The van der Waals surface area contributed by atoms with Gasteiger partial charge in [-0.25, -0.2) is 0 Å². The fourth-order valence-electron chi connectivity index (χ4n) is 4.26. The van der Waals surface area contributed by atoms with E-state index in [1.165, 1.54) is 11.3 Å². The van der Waals surface area contributed by atoms with E-state index in [0.717, 1.165) is 56.7 Å². The standard InChI is InChI=1S/C23H29ClN4O.HI/c1-25-23(26-17-19-10-15-29-22(19)18-6-3-2-4-7-18)28-13-11-27(12-14-28)21-9-5-8-20(24)16-21;/h2-9,16,19,22H,10-15,17H2,1H3,(H,25,26);1H. The molecule has 2 saturated heterocycles. The summed E-state index contributed by atoms with van der Waals surface area (Å²) in [5, 5.41) is 4.39. The third-order valence-electron chi connectivity index (χ3n) is 5.83. The molecule has 162 valence electrons. The maximum absolute atomic E-state index is 6.15. The maximum atomic E-state index is 6.15. The summed E-state index contributed by atoms with van der Waals surface area (Å²) in [6.45, 7) is 5.49. The van der Waals surface area contributed by atoms with Crippen molar-refractivity contribution in [2.45, 2.75) is 12.5 Å². The second kappa shape index (κ2) is 11.2. The molecule has 5 nitrogen and oxygen atoms in total. The third-order valence-corrected chi connectivity index (χ3v) is 6.06. The number of anilines is 1. The summed E-state index contributed by atoms with van der Waals surface area (Å²) in [6.07, 6.45) is 1.24. The van der Waals surface area contributed by atoms with Crippen LogP contribution in [0.15, 0.2) is 59.6 Å². The Labute approximate surface area is 201 Å². The number of benzene rings is 2. The van der Waals surface area contributed by atoms with Crippen LogP contribution in [0.25, 0.3) is 0 Å². The first kappa shape index (κ1) is 23.2. The lowest BCUT2D eigenvalue weighted by Crippen LogP contribution is -2.53. The van der Waals surface area contributed by atoms with Gasteiger partial charge in [-0.3, -0.25) is 4.99 Å². The van der Waals surface area contributed by atoms with Crippen molar-refractivity contribution in [1.29, 1.82) is 0 Å². The Balaban J connectivity index is 0.00000256. The molecule has 4 rings (SSSR count). The van der Waals surface area contributed by atoms with Crippen LogP contribution in [0, 0.1) is 5.92 Å². The summed E-state index contributed by atoms with van der Waals surface area (Å²) in [5.41, 5.74) is 2.45. The smallest absolute Gasteiger partial charge is 0.193 e. The van der Waals surface area contributed by atoms with Gasteiger partial charge in [0.25, 0.3) is 0 Å². The molecule has 0 amide bonds. The number of hydrogen-bond acceptors (Lipinski definition) is 3. The van der Waals surface area contributed by atoms with Crippen LogP contribution in [0.5, 0.6) is 0 Å². The molecular formula is C23H30ClIN4O. The molecule has 2 unspecified atom stereocenters. The molecule has 0 saturated carbocycles. The highest BCUT2D eigenvalue weighted by Crippen LogP contribution is 2.33. The molecule has 0 radical (unpaired) electrons. The Hall–Kier alpha value is -1.51. The van der Waals surface area contributed by atoms with Crippen LogP contribution in [0.1, 0.15) is 18.1 Å². The van der Waals surface area contributed by atoms with E-state index in [2.05, 4.69) is 56.5 Å². The largest absolute Gasteiger partial charge is 0.373 e. The zero-order chi connectivity index (χ0) is 20.1. The zero-order valence-electron chi connectivity index (χ0n) is 17.3. The van der Waals surface area contributed by atoms with Crippen LogP contribution in [-0.4, -0.2) is 57.2 Å². The number of hydrogen-bond donors (Lipinski definition) is 1. The first-order valence-corrected chi connectivity index (χ1v) is 10.7. The van der Waals surface area contributed by atoms with Crippen LogP contribution >= 0.6 is 35.6 Å². The molecule has 30 heavy (non-hydrogen) atoms. The molecule has 2 aromatic carbocycles. The second-order valence-electron chi connectivity index (χ2n) is 7.63. The average Bonchev–Trinajstić information content (AvgIpc) is 3.24. The van der Waals surface area contributed by atoms with E-state index < -0.39 is 0 Å². The summed E-state index contributed by atoms with van der Waals surface area (Å²) >= 11 is 6.15. The van der Waals surface area contributed by atoms with Crippen molar-refractivity contribution in [3.63, 3.8) is 0 Å². The van der Waals surface area contributed by atoms with Crippen LogP contribution < -0.4 is 10.2 Å². The van der Waals surface area contributed by atoms with Crippen molar-refractivity contribution in [2.24, 2.45) is 10.9 Å². The van der Waals surface area contributed by atoms with Gasteiger partial charge in [0.15, 0.2) is 5.96 Å². The van der Waals surface area contributed by atoms with E-state index in [9.17, 15) is 0 Å². The highest BCUT2D eigenvalue weighted by atomic mass is 127. The Morgan fingerprint density at radius 2 is 1.87 bits per heavy atom. The lowest BCUT2D eigenvalue weighted by atomic mass is 9.95. The van der Waals surface area contributed by atoms with Gasteiger partial charge in [0.1, 0.15) is 0 Å². The Kier molecular flexibility index (Phi) is 8.65. The molecule has 2 atom stereocenters. The molecule has 2 aromatic rings. The molecule has 1 N–H and O–H groups in total. The molecule has 0 spiro atoms. The van der Waals surface area contributed by atoms with Crippen LogP contribution in [0.4, 0.5) is 5.69 Å². The number of rotatable bonds is 4. The van der Waals surface area contributed by atoms with Crippen molar-refractivity contribution >= 4 is 47.2 Å². The van der Waals surface area contributed by atoms with Crippen molar-refractivity contribution in [3.05, 3.63) is 65.2 Å². The number of ether oxygens (including phenoxy) is 1. The summed E-state index contributed by atoms with van der Waals surface area (Å²) in [6, 6.07) is 18.6. The van der Waals surface area contributed by atoms with Gasteiger partial charge in [0.05, 0.1) is 6.10 Å². The SMILES string of the molecule is CN=C(NCC1CCOC1c1ccccc1)N1CCN(c2cccc(Cl)c2)CC1.I. The molecule has 0 bridgehead atoms. The number of nitrogens with zero attached hydrogens (tertiary/aromatic N) is 3. The Morgan fingerprint density at radius 3 is 2.57 bits per heavy atom. The van der Waals surface area contributed by atoms with Gasteiger partial charge >= 0.3 is 0 Å². The van der Waals surface area contributed by atoms with Gasteiger partial charge in [-0.05, 0) is 30.2 Å². The normalized spacial score (nSPS) is 22.0. The topological polar surface area (TPSA) is 40.1 Å². The van der Waals surface area contributed by atoms with Gasteiger partial charge in [0.2, 0.25) is 0 Å². The fraction of sp³-hybridized carbons (Fsp3) is 0.435. The summed E-state index contributed by atoms with van der Waals surface area (Å²) < 4.78 is 6.02. The van der Waals surface area contributed by atoms with Gasteiger partial charge in [-0.2, -0.15) is 0 Å². The monoisotopic (exact) mass is 540 g/mol. The van der Waals surface area contributed by atoms with E-state index in [1.54, 1.807) is 0 Å². The van der Waals surface area contributed by atoms with E-state index in [0.29, 0.717) is 5.92 Å². The quantitative estimate of drug-likeness (QED) is 0.354. The predicted molar refractivity (Wildman–Crippen MR) is 135 cm³/mol. The van der Waals surface area contributed by atoms with E-state index in [4.69, 9.17) is 16.3 Å². The van der Waals surface area contributed by atoms with E-state index in [-0.39, 0.29) is 30.1 Å². The van der Waals surface area contributed by atoms with Crippen LogP contribution in [-0.2, 0) is 4.74 Å². The van der Waals surface area contributed by atoms with Gasteiger partial charge < -0.3 is 19.9 Å². The first-order chi connectivity index (χ1) is 14.2. The molecule has 0 aliphatic carbocycles. The van der Waals surface area contributed by atoms with Gasteiger partial charge in [-0.1, -0.05) is 48.0 Å². The molecular weight excluding hydrogens is 511 g/mol. The lowest BCUT2D eigenvalue weighted by molar-refractivity contribution is 0.0913. The second-order valence-corrected chi connectivity index (χ2v) is 8.07. The molecule has 2 aliphatic heterocycles. The van der Waals surface area contributed by atoms with E-state index in [1.807, 2.05) is 25.2 Å². The van der Waals surface area contributed by atoms with Gasteiger partial charge in [0, 0.05) is 63.0 Å². The average molecular weight is 541 g/mol. The predicted octanol–water partition coefficient (Wildman–Crippen LogP) is 4.43. The van der Waals surface area contributed by atoms with Gasteiger partial charge in [-0.15, -0.1) is 24.0 Å². The number of piperazine rings is 1. The zero-order valence-corrected chi connectivity index (χ0v) is 20.4. The minimum Gasteiger partial charge on any atom is -0.373 e. The summed E-state index contributed by atoms with van der Waals surface area (Å²) in [5.74, 6) is 1.44. The number of nitrogens with one attached hydrogen (secondary N) is 1. The number of halogens is 2. The highest BCUT2D eigenvalue weighted by molar-refractivity contribution is 14.0. The fourth-order valence-corrected chi connectivity index (χ4v) is 4.44. The lowest BCUT2D eigenvalue weighted by Gasteiger charge is -2.38. The summed E-state index contributed by atoms with van der Waals surface area (Å²) in [4.78, 5) is 9.26. The molecule has 7 heteroatoms. The van der Waals surface area contributed by atoms with Crippen LogP contribution in [0.2, 0.25) is 5.02 Å². The molecule has 2 fully saturated rings. The first-order valence-electron chi connectivity index (χ1n) is 10.4. The molecule has 2 heterocycles. The number of guanidine groups is 1. The van der Waals surface area contributed by atoms with Crippen molar-refractivity contribution < 1.29 is 4.74 Å². The van der Waals surface area contributed by atoms with Crippen molar-refractivity contribution in [2.75, 3.05) is 51.3 Å². The van der Waals surface area contributed by atoms with Crippen molar-refractivity contribution in [1.82, 2.24) is 10.2 Å². The third kappa shape index (κ3) is 5.59. The Bertz CT molecular complexity index is 827. The molecule has 2 aliphatic rings. The minimum absolute atomic E-state index is 0. The summed E-state index contributed by atoms with van der Waals surface area (Å²) in [7, 11) is 1.87. The minimum atomic E-state index is 0. The number of aliphatic imine (C=N–C) groups is 1. The van der Waals surface area contributed by atoms with Crippen molar-refractivity contribution in [3.8, 4) is 0 Å².